The van der Waals surface area contributed by atoms with Gasteiger partial charge in [-0.2, -0.15) is 5.10 Å². The second-order valence-corrected chi connectivity index (χ2v) is 3.72. The zero-order chi connectivity index (χ0) is 12.1. The molecule has 0 spiro atoms. The summed E-state index contributed by atoms with van der Waals surface area (Å²) in [6.45, 7) is 3.71. The van der Waals surface area contributed by atoms with Crippen LogP contribution >= 0.6 is 0 Å². The van der Waals surface area contributed by atoms with Crippen LogP contribution in [-0.2, 0) is 19.7 Å². The third-order valence-electron chi connectivity index (χ3n) is 2.26. The zero-order valence-corrected chi connectivity index (χ0v) is 9.80. The second-order valence-electron chi connectivity index (χ2n) is 3.72. The van der Waals surface area contributed by atoms with Gasteiger partial charge in [-0.25, -0.2) is 0 Å². The van der Waals surface area contributed by atoms with Crippen molar-refractivity contribution >= 4 is 0 Å². The molecular weight excluding hydrogens is 220 g/mol. The smallest absolute Gasteiger partial charge is 0.174 e. The molecule has 0 saturated carbocycles. The Morgan fingerprint density at radius 2 is 2.41 bits per heavy atom. The number of hydrogen-bond acceptors (Lipinski definition) is 5. The molecule has 0 aliphatic heterocycles. The van der Waals surface area contributed by atoms with Crippen molar-refractivity contribution in [2.24, 2.45) is 5.73 Å². The largest absolute Gasteiger partial charge is 0.482 e. The third kappa shape index (κ3) is 3.07. The Morgan fingerprint density at radius 1 is 1.53 bits per heavy atom. The van der Waals surface area contributed by atoms with Crippen LogP contribution in [0.5, 0.6) is 5.75 Å². The number of nitrogens with two attached hydrogens (primary N) is 1. The van der Waals surface area contributed by atoms with Crippen LogP contribution < -0.4 is 10.5 Å². The van der Waals surface area contributed by atoms with Crippen LogP contribution in [0.25, 0.3) is 0 Å². The molecule has 2 rings (SSSR count). The molecule has 0 bridgehead atoms. The van der Waals surface area contributed by atoms with Crippen molar-refractivity contribution in [3.05, 3.63) is 29.9 Å². The van der Waals surface area contributed by atoms with E-state index in [2.05, 4.69) is 17.2 Å². The van der Waals surface area contributed by atoms with Gasteiger partial charge in [-0.3, -0.25) is 4.68 Å². The van der Waals surface area contributed by atoms with Crippen molar-refractivity contribution in [2.45, 2.75) is 33.0 Å². The van der Waals surface area contributed by atoms with E-state index in [1.165, 1.54) is 0 Å². The van der Waals surface area contributed by atoms with Crippen LogP contribution in [0, 0.1) is 0 Å². The molecule has 2 heterocycles. The molecule has 6 heteroatoms. The van der Waals surface area contributed by atoms with E-state index in [4.69, 9.17) is 15.0 Å². The summed E-state index contributed by atoms with van der Waals surface area (Å²) in [5.74, 6) is 1.39. The van der Waals surface area contributed by atoms with Crippen molar-refractivity contribution < 1.29 is 9.26 Å². The van der Waals surface area contributed by atoms with Gasteiger partial charge in [-0.15, -0.1) is 0 Å². The monoisotopic (exact) mass is 236 g/mol. The summed E-state index contributed by atoms with van der Waals surface area (Å²) >= 11 is 0. The standard InChI is InChI=1S/C11H16N4O2/c1-2-3-15-7-11(6-13-15)16-8-10-4-9(5-12)14-17-10/h4,6-7H,2-3,5,8,12H2,1H3. The molecule has 0 aliphatic rings. The molecular formula is C11H16N4O2. The number of aromatic nitrogens is 3. The maximum Gasteiger partial charge on any atom is 0.174 e. The maximum absolute atomic E-state index is 5.52. The summed E-state index contributed by atoms with van der Waals surface area (Å²) < 4.78 is 12.4. The van der Waals surface area contributed by atoms with Crippen molar-refractivity contribution in [3.8, 4) is 5.75 Å². The molecule has 0 amide bonds. The van der Waals surface area contributed by atoms with Gasteiger partial charge in [0.15, 0.2) is 11.5 Å². The first kappa shape index (κ1) is 11.7. The van der Waals surface area contributed by atoms with Crippen molar-refractivity contribution in [2.75, 3.05) is 0 Å². The summed E-state index contributed by atoms with van der Waals surface area (Å²) in [5.41, 5.74) is 6.16. The molecule has 2 aromatic heterocycles. The van der Waals surface area contributed by atoms with Gasteiger partial charge in [0, 0.05) is 19.2 Å². The minimum Gasteiger partial charge on any atom is -0.482 e. The van der Waals surface area contributed by atoms with E-state index in [-0.39, 0.29) is 0 Å². The first-order valence-corrected chi connectivity index (χ1v) is 5.61. The van der Waals surface area contributed by atoms with Crippen LogP contribution in [0.2, 0.25) is 0 Å². The SMILES string of the molecule is CCCn1cc(OCc2cc(CN)no2)cn1. The molecule has 0 atom stereocenters. The lowest BCUT2D eigenvalue weighted by atomic mass is 10.4. The summed E-state index contributed by atoms with van der Waals surface area (Å²) in [7, 11) is 0. The molecule has 0 aliphatic carbocycles. The normalized spacial score (nSPS) is 10.7. The highest BCUT2D eigenvalue weighted by Gasteiger charge is 2.04. The number of ether oxygens (including phenoxy) is 1. The average molecular weight is 236 g/mol. The van der Waals surface area contributed by atoms with Crippen LogP contribution in [-0.4, -0.2) is 14.9 Å². The van der Waals surface area contributed by atoms with Crippen molar-refractivity contribution in [3.63, 3.8) is 0 Å². The fourth-order valence-electron chi connectivity index (χ4n) is 1.44. The quantitative estimate of drug-likeness (QED) is 0.818. The van der Waals surface area contributed by atoms with E-state index >= 15 is 0 Å². The predicted molar refractivity (Wildman–Crippen MR) is 61.2 cm³/mol. The van der Waals surface area contributed by atoms with Crippen molar-refractivity contribution in [1.82, 2.24) is 14.9 Å². The zero-order valence-electron chi connectivity index (χ0n) is 9.80. The fourth-order valence-corrected chi connectivity index (χ4v) is 1.44. The Balaban J connectivity index is 1.88. The minimum absolute atomic E-state index is 0.338. The fraction of sp³-hybridized carbons (Fsp3) is 0.455. The molecule has 92 valence electrons. The van der Waals surface area contributed by atoms with Crippen LogP contribution in [0.15, 0.2) is 23.0 Å². The van der Waals surface area contributed by atoms with Gasteiger partial charge in [0.2, 0.25) is 0 Å². The lowest BCUT2D eigenvalue weighted by Crippen LogP contribution is -1.96. The van der Waals surface area contributed by atoms with Crippen LogP contribution in [0.1, 0.15) is 24.8 Å². The van der Waals surface area contributed by atoms with Gasteiger partial charge in [-0.1, -0.05) is 12.1 Å². The Kier molecular flexibility index (Phi) is 3.77. The van der Waals surface area contributed by atoms with Gasteiger partial charge in [-0.05, 0) is 6.42 Å². The average Bonchev–Trinajstić information content (AvgIpc) is 2.95. The van der Waals surface area contributed by atoms with Crippen molar-refractivity contribution in [1.29, 1.82) is 0 Å². The molecule has 0 fully saturated rings. The number of rotatable bonds is 6. The molecule has 17 heavy (non-hydrogen) atoms. The first-order chi connectivity index (χ1) is 8.31. The van der Waals surface area contributed by atoms with Gasteiger partial charge < -0.3 is 15.0 Å². The summed E-state index contributed by atoms with van der Waals surface area (Å²) in [6, 6.07) is 1.79. The highest BCUT2D eigenvalue weighted by molar-refractivity contribution is 5.12. The summed E-state index contributed by atoms with van der Waals surface area (Å²) in [5, 5.41) is 7.95. The third-order valence-corrected chi connectivity index (χ3v) is 2.26. The maximum atomic E-state index is 5.52. The van der Waals surface area contributed by atoms with E-state index in [9.17, 15) is 0 Å². The Bertz CT molecular complexity index is 463. The molecule has 6 nitrogen and oxygen atoms in total. The van der Waals surface area contributed by atoms with Gasteiger partial charge in [0.25, 0.3) is 0 Å². The van der Waals surface area contributed by atoms with E-state index in [1.54, 1.807) is 12.3 Å². The second kappa shape index (κ2) is 5.49. The molecule has 0 aromatic carbocycles. The van der Waals surface area contributed by atoms with Crippen LogP contribution in [0.3, 0.4) is 0 Å². The summed E-state index contributed by atoms with van der Waals surface area (Å²) in [4.78, 5) is 0. The molecule has 0 saturated heterocycles. The molecule has 0 radical (unpaired) electrons. The van der Waals surface area contributed by atoms with Gasteiger partial charge in [0.1, 0.15) is 6.61 Å². The number of nitrogens with zero attached hydrogens (tertiary/aromatic N) is 3. The topological polar surface area (TPSA) is 79.1 Å². The lowest BCUT2D eigenvalue weighted by molar-refractivity contribution is 0.248. The van der Waals surface area contributed by atoms with E-state index in [1.807, 2.05) is 10.9 Å². The number of hydrogen-bond donors (Lipinski definition) is 1. The Labute approximate surface area is 99.3 Å². The van der Waals surface area contributed by atoms with Gasteiger partial charge >= 0.3 is 0 Å². The lowest BCUT2D eigenvalue weighted by Gasteiger charge is -1.98. The Hall–Kier alpha value is -1.82. The number of aryl methyl sites for hydroxylation is 1. The Morgan fingerprint density at radius 3 is 3.12 bits per heavy atom. The first-order valence-electron chi connectivity index (χ1n) is 5.61. The molecule has 2 N–H and O–H groups in total. The predicted octanol–water partition coefficient (Wildman–Crippen LogP) is 1.32. The molecule has 0 unspecified atom stereocenters. The van der Waals surface area contributed by atoms with Crippen LogP contribution in [0.4, 0.5) is 0 Å². The van der Waals surface area contributed by atoms with E-state index < -0.39 is 0 Å². The highest BCUT2D eigenvalue weighted by Crippen LogP contribution is 2.12. The minimum atomic E-state index is 0.338. The summed E-state index contributed by atoms with van der Waals surface area (Å²) in [6.07, 6.45) is 4.60. The van der Waals surface area contributed by atoms with Gasteiger partial charge in [0.05, 0.1) is 18.1 Å². The van der Waals surface area contributed by atoms with E-state index in [0.29, 0.717) is 18.9 Å². The highest BCUT2D eigenvalue weighted by atomic mass is 16.5. The molecule has 2 aromatic rings. The van der Waals surface area contributed by atoms with E-state index in [0.717, 1.165) is 24.4 Å².